The average molecular weight is 685 g/mol. The fourth-order valence-electron chi connectivity index (χ4n) is 9.88. The summed E-state index contributed by atoms with van der Waals surface area (Å²) < 4.78 is 22.4. The van der Waals surface area contributed by atoms with E-state index < -0.39 is 110 Å². The first-order valence-electron chi connectivity index (χ1n) is 16.7. The summed E-state index contributed by atoms with van der Waals surface area (Å²) in [6.07, 6.45) is -6.85. The molecule has 0 bridgehead atoms. The fraction of sp³-hybridized carbons (Fsp3) is 0.818. The molecule has 16 atom stereocenters. The normalized spacial score (nSPS) is 51.6. The van der Waals surface area contributed by atoms with Crippen molar-refractivity contribution in [3.05, 3.63) is 23.8 Å². The van der Waals surface area contributed by atoms with Crippen LogP contribution in [0.25, 0.3) is 0 Å². The number of Topliss-reactive ketones (excluding diaryl/α,β-unsaturated/α-hetero) is 1. The van der Waals surface area contributed by atoms with Crippen LogP contribution in [0.1, 0.15) is 46.0 Å². The molecule has 0 aromatic carbocycles. The highest BCUT2D eigenvalue weighted by atomic mass is 16.8. The molecule has 2 aliphatic heterocycles. The zero-order valence-electron chi connectivity index (χ0n) is 27.0. The van der Waals surface area contributed by atoms with Gasteiger partial charge in [0, 0.05) is 16.7 Å². The number of fused-ring (bicyclic) bond motifs is 5. The van der Waals surface area contributed by atoms with Crippen LogP contribution in [-0.4, -0.2) is 150 Å². The molecule has 48 heavy (non-hydrogen) atoms. The van der Waals surface area contributed by atoms with Gasteiger partial charge in [-0.3, -0.25) is 9.59 Å². The Bertz CT molecular complexity index is 1320. The van der Waals surface area contributed by atoms with Gasteiger partial charge in [0.1, 0.15) is 61.5 Å². The number of ketones is 2. The molecule has 9 N–H and O–H groups in total. The number of hydrogen-bond donors (Lipinski definition) is 9. The van der Waals surface area contributed by atoms with Crippen molar-refractivity contribution in [2.45, 2.75) is 112 Å². The Morgan fingerprint density at radius 3 is 2.38 bits per heavy atom. The third-order valence-corrected chi connectivity index (χ3v) is 12.6. The van der Waals surface area contributed by atoms with Crippen LogP contribution >= 0.6 is 0 Å². The van der Waals surface area contributed by atoms with Crippen molar-refractivity contribution in [1.82, 2.24) is 0 Å². The zero-order valence-corrected chi connectivity index (χ0v) is 27.0. The first kappa shape index (κ1) is 36.1. The quantitative estimate of drug-likeness (QED) is 0.119. The molecule has 270 valence electrons. The smallest absolute Gasteiger partial charge is 0.222 e. The van der Waals surface area contributed by atoms with Crippen LogP contribution in [0.2, 0.25) is 0 Å². The Morgan fingerprint density at radius 2 is 1.71 bits per heavy atom. The predicted molar refractivity (Wildman–Crippen MR) is 160 cm³/mol. The zero-order chi connectivity index (χ0) is 35.0. The van der Waals surface area contributed by atoms with Gasteiger partial charge in [-0.2, -0.15) is 0 Å². The van der Waals surface area contributed by atoms with E-state index in [-0.39, 0.29) is 36.4 Å². The van der Waals surface area contributed by atoms with Crippen molar-refractivity contribution in [3.8, 4) is 0 Å². The van der Waals surface area contributed by atoms with E-state index in [9.17, 15) is 55.5 Å². The molecule has 5 fully saturated rings. The van der Waals surface area contributed by atoms with Gasteiger partial charge in [0.05, 0.1) is 19.3 Å². The number of hydrogen-bond acceptors (Lipinski definition) is 15. The molecule has 6 rings (SSSR count). The van der Waals surface area contributed by atoms with Gasteiger partial charge in [0.25, 0.3) is 0 Å². The molecule has 4 aliphatic carbocycles. The van der Waals surface area contributed by atoms with Crippen LogP contribution < -0.4 is 0 Å². The van der Waals surface area contributed by atoms with Crippen molar-refractivity contribution < 1.29 is 74.5 Å². The second-order valence-corrected chi connectivity index (χ2v) is 14.9. The van der Waals surface area contributed by atoms with Gasteiger partial charge in [-0.05, 0) is 56.1 Å². The van der Waals surface area contributed by atoms with Crippen LogP contribution in [-0.2, 0) is 28.5 Å². The predicted octanol–water partition coefficient (Wildman–Crippen LogP) is -2.79. The fourth-order valence-corrected chi connectivity index (χ4v) is 9.88. The lowest BCUT2D eigenvalue weighted by Crippen LogP contribution is -2.62. The first-order chi connectivity index (χ1) is 22.6. The molecule has 0 aromatic rings. The number of allylic oxidation sites excluding steroid dienone is 4. The molecule has 2 heterocycles. The maximum Gasteiger partial charge on any atom is 0.222 e. The minimum absolute atomic E-state index is 0.0316. The van der Waals surface area contributed by atoms with Gasteiger partial charge in [0.2, 0.25) is 5.79 Å². The molecular formula is C33H48O15. The molecule has 0 aromatic heterocycles. The van der Waals surface area contributed by atoms with E-state index in [2.05, 4.69) is 0 Å². The van der Waals surface area contributed by atoms with E-state index >= 15 is 0 Å². The standard InChI is InChI=1S/C33H48O15/c1-30-7-5-16(37)9-15(30)3-4-17-18-6-8-32(44,31(18,2)10-19(38)23(17)30)22(39)13-45-33(14-36)28(43)27(21(12-35)48-33)47-29-26(42)25(41)24(40)20(11-34)46-29/h5,7,9,17-21,23-29,34-36,38,40-44H,3-4,6,8,10-14H2,1-2H3/t17-,18-,19-,20?,21+,23+,24-,25+,26?,27-,28?,29-,30-,31-,32-,33+/m0/s1. The Labute approximate surface area is 277 Å². The third-order valence-electron chi connectivity index (χ3n) is 12.6. The molecule has 2 saturated heterocycles. The average Bonchev–Trinajstić information content (AvgIpc) is 3.49. The molecule has 0 amide bonds. The van der Waals surface area contributed by atoms with E-state index in [1.165, 1.54) is 6.08 Å². The number of aliphatic hydroxyl groups is 9. The molecule has 3 unspecified atom stereocenters. The number of ether oxygens (including phenoxy) is 4. The van der Waals surface area contributed by atoms with E-state index in [4.69, 9.17) is 18.9 Å². The summed E-state index contributed by atoms with van der Waals surface area (Å²) >= 11 is 0. The minimum atomic E-state index is -2.32. The lowest BCUT2D eigenvalue weighted by molar-refractivity contribution is -0.319. The number of rotatable bonds is 9. The van der Waals surface area contributed by atoms with Crippen LogP contribution in [0.15, 0.2) is 23.8 Å². The van der Waals surface area contributed by atoms with E-state index in [0.29, 0.717) is 19.3 Å². The highest BCUT2D eigenvalue weighted by Crippen LogP contribution is 2.67. The maximum atomic E-state index is 13.9. The SMILES string of the molecule is C[C@]12C=CC(=O)C=C1CC[C@@H]1[C@@H]2[C@@H](O)C[C@@]2(C)[C@H]1CC[C@]2(O)C(=O)CO[C@]1(CO)O[C@H](CO)[C@H](O[C@@H]2OC(CO)[C@H](O)[C@@H](O)C2O)C1O. The van der Waals surface area contributed by atoms with Gasteiger partial charge >= 0.3 is 0 Å². The summed E-state index contributed by atoms with van der Waals surface area (Å²) in [4.78, 5) is 26.0. The summed E-state index contributed by atoms with van der Waals surface area (Å²) in [5, 5.41) is 95.4. The van der Waals surface area contributed by atoms with Crippen LogP contribution in [0.4, 0.5) is 0 Å². The molecule has 15 nitrogen and oxygen atoms in total. The van der Waals surface area contributed by atoms with Gasteiger partial charge < -0.3 is 64.9 Å². The Hall–Kier alpha value is -1.70. The third kappa shape index (κ3) is 5.29. The molecule has 15 heteroatoms. The van der Waals surface area contributed by atoms with Crippen molar-refractivity contribution in [1.29, 1.82) is 0 Å². The topological polar surface area (TPSA) is 253 Å². The molecule has 3 saturated carbocycles. The Balaban J connectivity index is 1.17. The highest BCUT2D eigenvalue weighted by molar-refractivity contribution is 6.01. The van der Waals surface area contributed by atoms with Crippen molar-refractivity contribution in [2.24, 2.45) is 28.6 Å². The van der Waals surface area contributed by atoms with Gasteiger partial charge in [-0.15, -0.1) is 0 Å². The van der Waals surface area contributed by atoms with Gasteiger partial charge in [0.15, 0.2) is 17.9 Å². The van der Waals surface area contributed by atoms with Crippen LogP contribution in [0.3, 0.4) is 0 Å². The first-order valence-corrected chi connectivity index (χ1v) is 16.7. The van der Waals surface area contributed by atoms with E-state index in [1.807, 2.05) is 13.0 Å². The number of aliphatic hydroxyl groups excluding tert-OH is 8. The second kappa shape index (κ2) is 12.8. The van der Waals surface area contributed by atoms with Crippen molar-refractivity contribution >= 4 is 11.6 Å². The highest BCUT2D eigenvalue weighted by Gasteiger charge is 2.68. The second-order valence-electron chi connectivity index (χ2n) is 14.9. The van der Waals surface area contributed by atoms with Gasteiger partial charge in [-0.1, -0.05) is 25.5 Å². The monoisotopic (exact) mass is 684 g/mol. The Morgan fingerprint density at radius 1 is 1.00 bits per heavy atom. The summed E-state index contributed by atoms with van der Waals surface area (Å²) in [7, 11) is 0. The van der Waals surface area contributed by atoms with Crippen LogP contribution in [0.5, 0.6) is 0 Å². The summed E-state index contributed by atoms with van der Waals surface area (Å²) in [5.74, 6) is -3.50. The lowest BCUT2D eigenvalue weighted by atomic mass is 9.46. The molecule has 0 radical (unpaired) electrons. The summed E-state index contributed by atoms with van der Waals surface area (Å²) in [5.41, 5.74) is -2.51. The van der Waals surface area contributed by atoms with Crippen molar-refractivity contribution in [3.63, 3.8) is 0 Å². The largest absolute Gasteiger partial charge is 0.394 e. The summed E-state index contributed by atoms with van der Waals surface area (Å²) in [6, 6.07) is 0. The number of carbonyl (C=O) groups is 2. The summed E-state index contributed by atoms with van der Waals surface area (Å²) in [6.45, 7) is 0.478. The van der Waals surface area contributed by atoms with E-state index in [0.717, 1.165) is 5.57 Å². The van der Waals surface area contributed by atoms with Crippen molar-refractivity contribution in [2.75, 3.05) is 26.4 Å². The van der Waals surface area contributed by atoms with Crippen LogP contribution in [0, 0.1) is 28.6 Å². The molecular weight excluding hydrogens is 636 g/mol. The molecule has 6 aliphatic rings. The Kier molecular flexibility index (Phi) is 9.64. The minimum Gasteiger partial charge on any atom is -0.394 e. The number of carbonyl (C=O) groups excluding carboxylic acids is 2. The lowest BCUT2D eigenvalue weighted by Gasteiger charge is -2.59. The van der Waals surface area contributed by atoms with Gasteiger partial charge in [-0.25, -0.2) is 0 Å². The molecule has 0 spiro atoms. The van der Waals surface area contributed by atoms with E-state index in [1.54, 1.807) is 13.0 Å². The maximum absolute atomic E-state index is 13.9.